The maximum atomic E-state index is 6.64. The van der Waals surface area contributed by atoms with Crippen LogP contribution in [-0.2, 0) is 16.5 Å². The van der Waals surface area contributed by atoms with Gasteiger partial charge in [0.05, 0.1) is 0 Å². The van der Waals surface area contributed by atoms with Gasteiger partial charge in [-0.3, -0.25) is 9.13 Å². The Hall–Kier alpha value is 0.628. The summed E-state index contributed by atoms with van der Waals surface area (Å²) in [5, 5.41) is 0. The van der Waals surface area contributed by atoms with Gasteiger partial charge < -0.3 is 16.5 Å². The first-order chi connectivity index (χ1) is 10.6. The smallest absolute Gasteiger partial charge is 0.406 e. The van der Waals surface area contributed by atoms with Crippen LogP contribution in [-0.4, -0.2) is 70.6 Å². The van der Waals surface area contributed by atoms with E-state index in [9.17, 15) is 0 Å². The van der Waals surface area contributed by atoms with Crippen molar-refractivity contribution in [2.75, 3.05) is 26.2 Å². The van der Waals surface area contributed by atoms with Crippen molar-refractivity contribution in [3.05, 3.63) is 0 Å². The molecule has 0 N–H and O–H groups in total. The van der Waals surface area contributed by atoms with Gasteiger partial charge in [-0.05, 0) is 58.9 Å². The van der Waals surface area contributed by atoms with E-state index in [1.807, 2.05) is 0 Å². The van der Waals surface area contributed by atoms with Gasteiger partial charge in [-0.1, -0.05) is 27.7 Å². The fourth-order valence-electron chi connectivity index (χ4n) is 3.50. The van der Waals surface area contributed by atoms with Crippen LogP contribution in [0.1, 0.15) is 27.7 Å². The zero-order valence-corrected chi connectivity index (χ0v) is 20.6. The Bertz CT molecular complexity index is 353. The molecule has 6 nitrogen and oxygen atoms in total. The van der Waals surface area contributed by atoms with Gasteiger partial charge in [-0.15, -0.1) is 0 Å². The Morgan fingerprint density at radius 2 is 1.00 bits per heavy atom. The minimum absolute atomic E-state index is 0.926. The Morgan fingerprint density at radius 1 is 0.696 bits per heavy atom. The predicted octanol–water partition coefficient (Wildman–Crippen LogP) is 2.44. The van der Waals surface area contributed by atoms with Crippen molar-refractivity contribution >= 4 is 35.3 Å². The van der Waals surface area contributed by atoms with Gasteiger partial charge in [0, 0.05) is 0 Å². The first kappa shape index (κ1) is 21.7. The second-order valence-electron chi connectivity index (χ2n) is 6.55. The average Bonchev–Trinajstić information content (AvgIpc) is 2.37. The van der Waals surface area contributed by atoms with Gasteiger partial charge in [-0.2, -0.15) is 0 Å². The van der Waals surface area contributed by atoms with Crippen LogP contribution in [0.5, 0.6) is 0 Å². The maximum Gasteiger partial charge on any atom is 0.406 e. The van der Waals surface area contributed by atoms with E-state index in [-0.39, 0.29) is 0 Å². The van der Waals surface area contributed by atoms with Crippen molar-refractivity contribution in [2.24, 2.45) is 0 Å². The lowest BCUT2D eigenvalue weighted by molar-refractivity contribution is 0.168. The molecule has 23 heavy (non-hydrogen) atoms. The molecule has 1 heterocycles. The van der Waals surface area contributed by atoms with E-state index < -0.39 is 35.3 Å². The molecular weight excluding hydrogens is 360 g/mol. The normalized spacial score (nSPS) is 35.3. The Kier molecular flexibility index (Phi) is 7.86. The third-order valence-corrected chi connectivity index (χ3v) is 21.0. The molecule has 0 bridgehead atoms. The van der Waals surface area contributed by atoms with E-state index in [0.717, 1.165) is 26.2 Å². The summed E-state index contributed by atoms with van der Waals surface area (Å²) in [6.45, 7) is 23.0. The Labute approximate surface area is 147 Å². The molecule has 0 aliphatic carbocycles. The van der Waals surface area contributed by atoms with Crippen LogP contribution < -0.4 is 0 Å². The highest BCUT2D eigenvalue weighted by Gasteiger charge is 2.54. The lowest BCUT2D eigenvalue weighted by Crippen LogP contribution is -2.71. The molecular formula is C13H36N2O4Si4. The Balaban J connectivity index is 3.13. The number of hydrogen-bond donors (Lipinski definition) is 0. The first-order valence-electron chi connectivity index (χ1n) is 8.81. The summed E-state index contributed by atoms with van der Waals surface area (Å²) in [7, 11) is -9.09. The van der Waals surface area contributed by atoms with Gasteiger partial charge in [0.25, 0.3) is 0 Å². The van der Waals surface area contributed by atoms with Crippen molar-refractivity contribution in [3.8, 4) is 0 Å². The summed E-state index contributed by atoms with van der Waals surface area (Å²) in [5.41, 5.74) is 0. The standard InChI is InChI=1S/C13H36N2O4Si4/c1-10-14(11-2)22(8)16-20(5)17-23(9,15(12-3)13-4)19-21(6,7)18-22/h20H,10-13H2,1-9H3. The third kappa shape index (κ3) is 5.30. The van der Waals surface area contributed by atoms with Gasteiger partial charge in [-0.25, -0.2) is 0 Å². The van der Waals surface area contributed by atoms with E-state index in [2.05, 4.69) is 69.6 Å². The van der Waals surface area contributed by atoms with E-state index in [1.165, 1.54) is 0 Å². The molecule has 0 radical (unpaired) electrons. The van der Waals surface area contributed by atoms with E-state index in [4.69, 9.17) is 16.5 Å². The maximum absolute atomic E-state index is 6.64. The number of rotatable bonds is 6. The van der Waals surface area contributed by atoms with Gasteiger partial charge >= 0.3 is 35.3 Å². The second kappa shape index (κ2) is 8.34. The molecule has 2 unspecified atom stereocenters. The summed E-state index contributed by atoms with van der Waals surface area (Å²) in [6.07, 6.45) is 0. The van der Waals surface area contributed by atoms with E-state index >= 15 is 0 Å². The van der Waals surface area contributed by atoms with Crippen molar-refractivity contribution in [1.29, 1.82) is 0 Å². The van der Waals surface area contributed by atoms with Crippen LogP contribution in [0.3, 0.4) is 0 Å². The highest BCUT2D eigenvalue weighted by molar-refractivity contribution is 6.88. The molecule has 0 aromatic carbocycles. The van der Waals surface area contributed by atoms with Crippen LogP contribution in [0.2, 0.25) is 32.7 Å². The van der Waals surface area contributed by atoms with Crippen LogP contribution in [0, 0.1) is 0 Å². The molecule has 2 atom stereocenters. The zero-order chi connectivity index (χ0) is 17.9. The topological polar surface area (TPSA) is 43.4 Å². The molecule has 1 saturated heterocycles. The van der Waals surface area contributed by atoms with Gasteiger partial charge in [0.2, 0.25) is 0 Å². The summed E-state index contributed by atoms with van der Waals surface area (Å²) in [5.74, 6) is 0. The van der Waals surface area contributed by atoms with Crippen LogP contribution in [0.25, 0.3) is 0 Å². The fourth-order valence-corrected chi connectivity index (χ4v) is 22.7. The first-order valence-corrected chi connectivity index (χ1v) is 18.3. The highest BCUT2D eigenvalue weighted by Crippen LogP contribution is 2.30. The molecule has 0 spiro atoms. The quantitative estimate of drug-likeness (QED) is 0.643. The molecule has 10 heteroatoms. The van der Waals surface area contributed by atoms with Gasteiger partial charge in [0.1, 0.15) is 0 Å². The van der Waals surface area contributed by atoms with Crippen molar-refractivity contribution in [1.82, 2.24) is 9.13 Å². The highest BCUT2D eigenvalue weighted by atomic mass is 28.5. The number of hydrogen-bond acceptors (Lipinski definition) is 6. The molecule has 0 amide bonds. The third-order valence-electron chi connectivity index (χ3n) is 4.32. The summed E-state index contributed by atoms with van der Waals surface area (Å²) >= 11 is 0. The average molecular weight is 397 g/mol. The molecule has 1 fully saturated rings. The summed E-state index contributed by atoms with van der Waals surface area (Å²) in [6, 6.07) is 0. The second-order valence-corrected chi connectivity index (χ2v) is 18.9. The molecule has 0 saturated carbocycles. The lowest BCUT2D eigenvalue weighted by atomic mass is 10.7. The van der Waals surface area contributed by atoms with Crippen LogP contribution in [0.15, 0.2) is 0 Å². The monoisotopic (exact) mass is 396 g/mol. The summed E-state index contributed by atoms with van der Waals surface area (Å²) < 4.78 is 31.0. The summed E-state index contributed by atoms with van der Waals surface area (Å²) in [4.78, 5) is 0. The van der Waals surface area contributed by atoms with Crippen LogP contribution >= 0.6 is 0 Å². The van der Waals surface area contributed by atoms with E-state index in [1.54, 1.807) is 0 Å². The largest absolute Gasteiger partial charge is 0.406 e. The zero-order valence-electron chi connectivity index (χ0n) is 16.4. The van der Waals surface area contributed by atoms with Crippen molar-refractivity contribution in [2.45, 2.75) is 60.4 Å². The molecule has 0 aromatic rings. The minimum Gasteiger partial charge on any atom is -0.406 e. The SMILES string of the molecule is CCN(CC)[Si]1(C)O[SiH](C)O[Si](C)(N(CC)CC)O[Si](C)(C)O1. The molecule has 1 aliphatic heterocycles. The van der Waals surface area contributed by atoms with Gasteiger partial charge in [0.15, 0.2) is 0 Å². The van der Waals surface area contributed by atoms with E-state index in [0.29, 0.717) is 0 Å². The van der Waals surface area contributed by atoms with Crippen molar-refractivity contribution < 1.29 is 16.5 Å². The minimum atomic E-state index is -2.45. The Morgan fingerprint density at radius 3 is 1.26 bits per heavy atom. The lowest BCUT2D eigenvalue weighted by Gasteiger charge is -2.50. The number of nitrogens with zero attached hydrogens (tertiary/aromatic N) is 2. The predicted molar refractivity (Wildman–Crippen MR) is 104 cm³/mol. The molecule has 0 aromatic heterocycles. The van der Waals surface area contributed by atoms with Crippen LogP contribution in [0.4, 0.5) is 0 Å². The molecule has 138 valence electrons. The molecule has 1 aliphatic rings. The molecule has 1 rings (SSSR count). The van der Waals surface area contributed by atoms with Crippen molar-refractivity contribution in [3.63, 3.8) is 0 Å². The fraction of sp³-hybridized carbons (Fsp3) is 1.00.